The van der Waals surface area contributed by atoms with E-state index in [4.69, 9.17) is 11.6 Å². The lowest BCUT2D eigenvalue weighted by atomic mass is 9.95. The molecule has 2 saturated carbocycles. The van der Waals surface area contributed by atoms with Gasteiger partial charge in [0.15, 0.2) is 0 Å². The fourth-order valence-corrected chi connectivity index (χ4v) is 5.71. The molecule has 0 radical (unpaired) electrons. The van der Waals surface area contributed by atoms with Gasteiger partial charge < -0.3 is 5.32 Å². The molecule has 3 atom stereocenters. The minimum Gasteiger partial charge on any atom is -0.349 e. The van der Waals surface area contributed by atoms with Gasteiger partial charge in [-0.1, -0.05) is 36.2 Å². The van der Waals surface area contributed by atoms with Gasteiger partial charge in [-0.05, 0) is 67.0 Å². The summed E-state index contributed by atoms with van der Waals surface area (Å²) in [6.07, 6.45) is 5.97. The van der Waals surface area contributed by atoms with E-state index in [-0.39, 0.29) is 18.5 Å². The number of benzene rings is 2. The number of nitrogens with one attached hydrogen (secondary N) is 1. The van der Waals surface area contributed by atoms with Crippen LogP contribution in [0.4, 0.5) is 5.69 Å². The Bertz CT molecular complexity index is 1010. The summed E-state index contributed by atoms with van der Waals surface area (Å²) >= 11 is 6.21. The highest BCUT2D eigenvalue weighted by molar-refractivity contribution is 7.92. The van der Waals surface area contributed by atoms with E-state index < -0.39 is 10.0 Å². The molecule has 2 bridgehead atoms. The van der Waals surface area contributed by atoms with E-state index in [0.717, 1.165) is 17.9 Å². The lowest BCUT2D eigenvalue weighted by Crippen LogP contribution is -2.38. The monoisotopic (exact) mass is 432 g/mol. The SMILES string of the molecule is CS(=O)(=O)N(Cc1ccccc1Cl)c1ccc(C(=O)NC2CC3CCC2C3)cc1. The number of carbonyl (C=O) groups excluding carboxylic acids is 1. The van der Waals surface area contributed by atoms with Gasteiger partial charge in [0.2, 0.25) is 10.0 Å². The maximum Gasteiger partial charge on any atom is 0.251 e. The number of halogens is 1. The summed E-state index contributed by atoms with van der Waals surface area (Å²) in [5.41, 5.74) is 1.77. The average Bonchev–Trinajstić information content (AvgIpc) is 3.30. The molecule has 7 heteroatoms. The summed E-state index contributed by atoms with van der Waals surface area (Å²) in [6, 6.07) is 14.2. The van der Waals surface area contributed by atoms with E-state index >= 15 is 0 Å². The van der Waals surface area contributed by atoms with Crippen LogP contribution in [0.1, 0.15) is 41.6 Å². The van der Waals surface area contributed by atoms with E-state index in [2.05, 4.69) is 5.32 Å². The fourth-order valence-electron chi connectivity index (χ4n) is 4.63. The van der Waals surface area contributed by atoms with Crippen molar-refractivity contribution >= 4 is 33.2 Å². The molecule has 29 heavy (non-hydrogen) atoms. The van der Waals surface area contributed by atoms with Crippen LogP contribution >= 0.6 is 11.6 Å². The first kappa shape index (κ1) is 20.2. The molecule has 154 valence electrons. The van der Waals surface area contributed by atoms with Gasteiger partial charge in [0.05, 0.1) is 18.5 Å². The summed E-state index contributed by atoms with van der Waals surface area (Å²) in [6.45, 7) is 0.134. The predicted molar refractivity (Wildman–Crippen MR) is 116 cm³/mol. The van der Waals surface area contributed by atoms with Gasteiger partial charge in [-0.25, -0.2) is 8.42 Å². The summed E-state index contributed by atoms with van der Waals surface area (Å²) in [5.74, 6) is 1.28. The maximum absolute atomic E-state index is 12.6. The van der Waals surface area contributed by atoms with Crippen molar-refractivity contribution in [3.05, 3.63) is 64.7 Å². The summed E-state index contributed by atoms with van der Waals surface area (Å²) in [7, 11) is -3.52. The fraction of sp³-hybridized carbons (Fsp3) is 0.409. The second kappa shape index (κ2) is 8.00. The number of nitrogens with zero attached hydrogens (tertiary/aromatic N) is 1. The number of rotatable bonds is 6. The molecule has 2 aromatic carbocycles. The Labute approximate surface area is 177 Å². The molecule has 2 aliphatic carbocycles. The lowest BCUT2D eigenvalue weighted by Gasteiger charge is -2.24. The Morgan fingerprint density at radius 2 is 1.83 bits per heavy atom. The summed E-state index contributed by atoms with van der Waals surface area (Å²) in [5, 5.41) is 3.68. The minimum absolute atomic E-state index is 0.0916. The number of sulfonamides is 1. The van der Waals surface area contributed by atoms with Crippen molar-refractivity contribution in [3.8, 4) is 0 Å². The zero-order chi connectivity index (χ0) is 20.6. The van der Waals surface area contributed by atoms with Gasteiger partial charge in [0.25, 0.3) is 5.91 Å². The van der Waals surface area contributed by atoms with Crippen LogP contribution in [0.15, 0.2) is 48.5 Å². The Morgan fingerprint density at radius 1 is 1.10 bits per heavy atom. The molecular weight excluding hydrogens is 408 g/mol. The van der Waals surface area contributed by atoms with E-state index in [1.54, 1.807) is 42.5 Å². The van der Waals surface area contributed by atoms with Crippen LogP contribution in [-0.4, -0.2) is 26.6 Å². The molecule has 5 nitrogen and oxygen atoms in total. The first-order chi connectivity index (χ1) is 13.8. The summed E-state index contributed by atoms with van der Waals surface area (Å²) in [4.78, 5) is 12.6. The highest BCUT2D eigenvalue weighted by Gasteiger charge is 2.40. The van der Waals surface area contributed by atoms with Crippen molar-refractivity contribution in [2.24, 2.45) is 11.8 Å². The molecule has 1 N–H and O–H groups in total. The van der Waals surface area contributed by atoms with Crippen molar-refractivity contribution in [2.75, 3.05) is 10.6 Å². The Hall–Kier alpha value is -2.05. The van der Waals surface area contributed by atoms with E-state index in [1.807, 2.05) is 6.07 Å². The van der Waals surface area contributed by atoms with Crippen molar-refractivity contribution in [2.45, 2.75) is 38.3 Å². The van der Waals surface area contributed by atoms with E-state index in [9.17, 15) is 13.2 Å². The Kier molecular flexibility index (Phi) is 5.58. The largest absolute Gasteiger partial charge is 0.349 e. The van der Waals surface area contributed by atoms with Gasteiger partial charge in [0.1, 0.15) is 0 Å². The Balaban J connectivity index is 1.50. The highest BCUT2D eigenvalue weighted by atomic mass is 35.5. The van der Waals surface area contributed by atoms with Crippen molar-refractivity contribution in [1.29, 1.82) is 0 Å². The van der Waals surface area contributed by atoms with Gasteiger partial charge in [-0.15, -0.1) is 0 Å². The molecule has 2 aliphatic rings. The molecule has 0 heterocycles. The highest BCUT2D eigenvalue weighted by Crippen LogP contribution is 2.44. The second-order valence-electron chi connectivity index (χ2n) is 8.16. The summed E-state index contributed by atoms with van der Waals surface area (Å²) < 4.78 is 26.0. The molecule has 0 aromatic heterocycles. The van der Waals surface area contributed by atoms with Crippen molar-refractivity contribution < 1.29 is 13.2 Å². The molecule has 1 amide bonds. The van der Waals surface area contributed by atoms with Crippen LogP contribution in [0, 0.1) is 11.8 Å². The third-order valence-electron chi connectivity index (χ3n) is 6.14. The van der Waals surface area contributed by atoms with Gasteiger partial charge in [-0.2, -0.15) is 0 Å². The van der Waals surface area contributed by atoms with Crippen LogP contribution in [0.3, 0.4) is 0 Å². The number of anilines is 1. The average molecular weight is 433 g/mol. The zero-order valence-electron chi connectivity index (χ0n) is 16.3. The van der Waals surface area contributed by atoms with Crippen molar-refractivity contribution in [3.63, 3.8) is 0 Å². The number of hydrogen-bond acceptors (Lipinski definition) is 3. The third kappa shape index (κ3) is 4.43. The third-order valence-corrected chi connectivity index (χ3v) is 7.65. The topological polar surface area (TPSA) is 66.5 Å². The molecule has 0 spiro atoms. The standard InChI is InChI=1S/C22H25ClN2O3S/c1-29(27,28)25(14-18-4-2-3-5-20(18)23)19-10-8-16(9-11-19)22(26)24-21-13-15-6-7-17(21)12-15/h2-5,8-11,15,17,21H,6-7,12-14H2,1H3,(H,24,26). The van der Waals surface area contributed by atoms with Crippen LogP contribution in [-0.2, 0) is 16.6 Å². The second-order valence-corrected chi connectivity index (χ2v) is 10.5. The van der Waals surface area contributed by atoms with E-state index in [0.29, 0.717) is 22.2 Å². The first-order valence-corrected chi connectivity index (χ1v) is 12.2. The van der Waals surface area contributed by atoms with Crippen LogP contribution in [0.5, 0.6) is 0 Å². The zero-order valence-corrected chi connectivity index (χ0v) is 17.9. The molecule has 3 unspecified atom stereocenters. The molecule has 4 rings (SSSR count). The van der Waals surface area contributed by atoms with Crippen LogP contribution in [0.2, 0.25) is 5.02 Å². The molecule has 2 aromatic rings. The quantitative estimate of drug-likeness (QED) is 0.742. The lowest BCUT2D eigenvalue weighted by molar-refractivity contribution is 0.0923. The van der Waals surface area contributed by atoms with E-state index in [1.165, 1.54) is 29.8 Å². The number of amides is 1. The van der Waals surface area contributed by atoms with Crippen LogP contribution in [0.25, 0.3) is 0 Å². The van der Waals surface area contributed by atoms with Gasteiger partial charge >= 0.3 is 0 Å². The number of carbonyl (C=O) groups is 1. The molecule has 0 aliphatic heterocycles. The number of hydrogen-bond donors (Lipinski definition) is 1. The first-order valence-electron chi connectivity index (χ1n) is 9.93. The normalized spacial score (nSPS) is 23.2. The molecule has 0 saturated heterocycles. The minimum atomic E-state index is -3.52. The number of fused-ring (bicyclic) bond motifs is 2. The van der Waals surface area contributed by atoms with Crippen LogP contribution < -0.4 is 9.62 Å². The van der Waals surface area contributed by atoms with Gasteiger partial charge in [-0.3, -0.25) is 9.10 Å². The Morgan fingerprint density at radius 3 is 2.41 bits per heavy atom. The van der Waals surface area contributed by atoms with Gasteiger partial charge in [0, 0.05) is 16.6 Å². The maximum atomic E-state index is 12.6. The smallest absolute Gasteiger partial charge is 0.251 e. The molecular formula is C22H25ClN2O3S. The van der Waals surface area contributed by atoms with Crippen molar-refractivity contribution in [1.82, 2.24) is 5.32 Å². The predicted octanol–water partition coefficient (Wildman–Crippen LogP) is 4.22. The molecule has 2 fully saturated rings.